The SMILES string of the molecule is COc1cccc(NC(=O)c2cc3c(=O)[nH]c(=O)n(Cc4ccco4)c3nc2C)c1. The molecule has 2 N–H and O–H groups in total. The number of nitrogens with one attached hydrogen (secondary N) is 2. The van der Waals surface area contributed by atoms with Crippen LogP contribution in [0.2, 0.25) is 0 Å². The lowest BCUT2D eigenvalue weighted by atomic mass is 10.1. The van der Waals surface area contributed by atoms with Crippen molar-refractivity contribution in [2.45, 2.75) is 13.5 Å². The summed E-state index contributed by atoms with van der Waals surface area (Å²) in [5.41, 5.74) is 0.0873. The highest BCUT2D eigenvalue weighted by Crippen LogP contribution is 2.19. The lowest BCUT2D eigenvalue weighted by Crippen LogP contribution is -2.31. The third-order valence-corrected chi connectivity index (χ3v) is 4.63. The van der Waals surface area contributed by atoms with Gasteiger partial charge >= 0.3 is 5.69 Å². The summed E-state index contributed by atoms with van der Waals surface area (Å²) in [6.45, 7) is 1.74. The largest absolute Gasteiger partial charge is 0.497 e. The summed E-state index contributed by atoms with van der Waals surface area (Å²) in [6, 6.07) is 11.8. The maximum atomic E-state index is 12.8. The zero-order chi connectivity index (χ0) is 21.3. The quantitative estimate of drug-likeness (QED) is 0.525. The van der Waals surface area contributed by atoms with E-state index in [0.29, 0.717) is 22.9 Å². The number of anilines is 1. The summed E-state index contributed by atoms with van der Waals surface area (Å²) in [5.74, 6) is 0.697. The molecule has 0 spiro atoms. The van der Waals surface area contributed by atoms with E-state index in [2.05, 4.69) is 15.3 Å². The number of carbonyl (C=O) groups excluding carboxylic acids is 1. The molecule has 4 aromatic rings. The number of hydrogen-bond donors (Lipinski definition) is 2. The molecular formula is C21H18N4O5. The molecule has 1 aromatic carbocycles. The van der Waals surface area contributed by atoms with E-state index >= 15 is 0 Å². The van der Waals surface area contributed by atoms with Crippen molar-refractivity contribution in [2.24, 2.45) is 0 Å². The van der Waals surface area contributed by atoms with E-state index in [9.17, 15) is 14.4 Å². The van der Waals surface area contributed by atoms with Crippen molar-refractivity contribution in [3.05, 3.63) is 86.6 Å². The van der Waals surface area contributed by atoms with Gasteiger partial charge in [0.15, 0.2) is 0 Å². The number of benzene rings is 1. The summed E-state index contributed by atoms with van der Waals surface area (Å²) in [4.78, 5) is 44.2. The molecule has 0 aliphatic carbocycles. The van der Waals surface area contributed by atoms with Crippen LogP contribution < -0.4 is 21.3 Å². The number of methoxy groups -OCH3 is 1. The number of nitrogens with zero attached hydrogens (tertiary/aromatic N) is 2. The van der Waals surface area contributed by atoms with Gasteiger partial charge in [-0.25, -0.2) is 9.78 Å². The molecule has 1 amide bonds. The van der Waals surface area contributed by atoms with Crippen molar-refractivity contribution in [3.63, 3.8) is 0 Å². The van der Waals surface area contributed by atoms with E-state index in [4.69, 9.17) is 9.15 Å². The van der Waals surface area contributed by atoms with Crippen LogP contribution in [0, 0.1) is 6.92 Å². The Hall–Kier alpha value is -4.14. The Labute approximate surface area is 169 Å². The van der Waals surface area contributed by atoms with Crippen LogP contribution in [0.15, 0.2) is 62.7 Å². The third kappa shape index (κ3) is 3.60. The number of fused-ring (bicyclic) bond motifs is 1. The molecule has 0 bridgehead atoms. The van der Waals surface area contributed by atoms with Gasteiger partial charge in [-0.15, -0.1) is 0 Å². The van der Waals surface area contributed by atoms with E-state index in [1.54, 1.807) is 43.3 Å². The fourth-order valence-electron chi connectivity index (χ4n) is 3.13. The number of aromatic amines is 1. The molecule has 152 valence electrons. The molecule has 9 heteroatoms. The Morgan fingerprint density at radius 1 is 1.23 bits per heavy atom. The number of furan rings is 1. The van der Waals surface area contributed by atoms with Crippen LogP contribution in [0.1, 0.15) is 21.8 Å². The summed E-state index contributed by atoms with van der Waals surface area (Å²) in [5, 5.41) is 2.89. The average Bonchev–Trinajstić information content (AvgIpc) is 3.24. The molecule has 9 nitrogen and oxygen atoms in total. The fraction of sp³-hybridized carbons (Fsp3) is 0.143. The summed E-state index contributed by atoms with van der Waals surface area (Å²) in [6.07, 6.45) is 1.49. The number of carbonyl (C=O) groups is 1. The molecule has 0 radical (unpaired) electrons. The number of ether oxygens (including phenoxy) is 1. The summed E-state index contributed by atoms with van der Waals surface area (Å²) < 4.78 is 11.8. The first-order valence-corrected chi connectivity index (χ1v) is 9.08. The van der Waals surface area contributed by atoms with Gasteiger partial charge in [-0.3, -0.25) is 19.1 Å². The number of aryl methyl sites for hydroxylation is 1. The second-order valence-corrected chi connectivity index (χ2v) is 6.60. The number of aromatic nitrogens is 3. The summed E-state index contributed by atoms with van der Waals surface area (Å²) in [7, 11) is 1.53. The average molecular weight is 406 g/mol. The van der Waals surface area contributed by atoms with Gasteiger partial charge in [0.05, 0.1) is 36.6 Å². The van der Waals surface area contributed by atoms with Crippen LogP contribution in [0.4, 0.5) is 5.69 Å². The molecule has 0 saturated carbocycles. The van der Waals surface area contributed by atoms with E-state index in [0.717, 1.165) is 0 Å². The minimum atomic E-state index is -0.617. The Morgan fingerprint density at radius 3 is 2.80 bits per heavy atom. The van der Waals surface area contributed by atoms with Crippen molar-refractivity contribution < 1.29 is 13.9 Å². The second-order valence-electron chi connectivity index (χ2n) is 6.60. The zero-order valence-corrected chi connectivity index (χ0v) is 16.3. The molecule has 0 saturated heterocycles. The van der Waals surface area contributed by atoms with Gasteiger partial charge in [0.25, 0.3) is 11.5 Å². The first kappa shape index (κ1) is 19.2. The zero-order valence-electron chi connectivity index (χ0n) is 16.3. The second kappa shape index (κ2) is 7.70. The highest BCUT2D eigenvalue weighted by atomic mass is 16.5. The monoisotopic (exact) mass is 406 g/mol. The summed E-state index contributed by atoms with van der Waals surface area (Å²) >= 11 is 0. The van der Waals surface area contributed by atoms with Crippen LogP contribution in [-0.2, 0) is 6.54 Å². The molecule has 3 aromatic heterocycles. The van der Waals surface area contributed by atoms with Crippen LogP contribution in [0.5, 0.6) is 5.75 Å². The Morgan fingerprint density at radius 2 is 2.07 bits per heavy atom. The Kier molecular flexibility index (Phi) is 4.93. The van der Waals surface area contributed by atoms with E-state index < -0.39 is 17.2 Å². The van der Waals surface area contributed by atoms with Gasteiger partial charge in [-0.2, -0.15) is 0 Å². The lowest BCUT2D eigenvalue weighted by molar-refractivity contribution is 0.102. The van der Waals surface area contributed by atoms with Crippen molar-refractivity contribution in [1.29, 1.82) is 0 Å². The predicted octanol–water partition coefficient (Wildman–Crippen LogP) is 2.30. The predicted molar refractivity (Wildman–Crippen MR) is 110 cm³/mol. The molecular weight excluding hydrogens is 388 g/mol. The number of amides is 1. The van der Waals surface area contributed by atoms with E-state index in [1.165, 1.54) is 24.0 Å². The highest BCUT2D eigenvalue weighted by Gasteiger charge is 2.17. The molecule has 30 heavy (non-hydrogen) atoms. The van der Waals surface area contributed by atoms with Crippen molar-refractivity contribution in [2.75, 3.05) is 12.4 Å². The van der Waals surface area contributed by atoms with E-state index in [-0.39, 0.29) is 23.1 Å². The Balaban J connectivity index is 1.77. The molecule has 4 rings (SSSR count). The third-order valence-electron chi connectivity index (χ3n) is 4.63. The first-order valence-electron chi connectivity index (χ1n) is 9.08. The van der Waals surface area contributed by atoms with E-state index in [1.807, 2.05) is 0 Å². The molecule has 0 fully saturated rings. The molecule has 0 atom stereocenters. The Bertz CT molecular complexity index is 1350. The van der Waals surface area contributed by atoms with Gasteiger partial charge in [0, 0.05) is 11.8 Å². The standard InChI is InChI=1S/C21H18N4O5/c1-12-16(19(26)23-13-5-3-6-14(9-13)29-2)10-17-18(22-12)25(21(28)24-20(17)27)11-15-7-4-8-30-15/h3-10H,11H2,1-2H3,(H,23,26)(H,24,27,28). The molecule has 0 aliphatic heterocycles. The molecule has 0 unspecified atom stereocenters. The van der Waals surface area contributed by atoms with Crippen LogP contribution >= 0.6 is 0 Å². The van der Waals surface area contributed by atoms with Gasteiger partial charge in [0.2, 0.25) is 0 Å². The minimum Gasteiger partial charge on any atom is -0.497 e. The number of pyridine rings is 1. The highest BCUT2D eigenvalue weighted by molar-refractivity contribution is 6.06. The topological polar surface area (TPSA) is 119 Å². The van der Waals surface area contributed by atoms with Crippen molar-refractivity contribution >= 4 is 22.6 Å². The smallest absolute Gasteiger partial charge is 0.330 e. The number of H-pyrrole nitrogens is 1. The van der Waals surface area contributed by atoms with Gasteiger partial charge in [-0.1, -0.05) is 6.07 Å². The van der Waals surface area contributed by atoms with Gasteiger partial charge in [-0.05, 0) is 37.3 Å². The van der Waals surface area contributed by atoms with Crippen LogP contribution in [0.25, 0.3) is 11.0 Å². The molecule has 3 heterocycles. The maximum Gasteiger partial charge on any atom is 0.330 e. The maximum absolute atomic E-state index is 12.8. The number of hydrogen-bond acceptors (Lipinski definition) is 6. The first-order chi connectivity index (χ1) is 14.5. The normalized spacial score (nSPS) is 10.9. The van der Waals surface area contributed by atoms with Crippen molar-refractivity contribution in [1.82, 2.24) is 14.5 Å². The number of rotatable bonds is 5. The van der Waals surface area contributed by atoms with Crippen molar-refractivity contribution in [3.8, 4) is 5.75 Å². The van der Waals surface area contributed by atoms with Gasteiger partial charge in [0.1, 0.15) is 17.2 Å². The van der Waals surface area contributed by atoms with Crippen LogP contribution in [-0.4, -0.2) is 27.6 Å². The van der Waals surface area contributed by atoms with Gasteiger partial charge < -0.3 is 14.5 Å². The lowest BCUT2D eigenvalue weighted by Gasteiger charge is -2.12. The van der Waals surface area contributed by atoms with Crippen LogP contribution in [0.3, 0.4) is 0 Å². The fourth-order valence-corrected chi connectivity index (χ4v) is 3.13. The minimum absolute atomic E-state index is 0.0981. The molecule has 0 aliphatic rings.